The Kier molecular flexibility index (Phi) is 7.37. The van der Waals surface area contributed by atoms with E-state index in [9.17, 15) is 9.59 Å². The van der Waals surface area contributed by atoms with Gasteiger partial charge in [-0.25, -0.2) is 0 Å². The number of benzene rings is 2. The number of ketones is 1. The number of methoxy groups -OCH3 is 2. The van der Waals surface area contributed by atoms with E-state index in [1.54, 1.807) is 25.3 Å². The summed E-state index contributed by atoms with van der Waals surface area (Å²) in [6, 6.07) is 16.5. The fourth-order valence-electron chi connectivity index (χ4n) is 4.57. The van der Waals surface area contributed by atoms with Gasteiger partial charge in [0.1, 0.15) is 30.3 Å². The molecule has 3 atom stereocenters. The number of carbonyl (C=O) groups is 2. The highest BCUT2D eigenvalue weighted by Gasteiger charge is 2.63. The van der Waals surface area contributed by atoms with Gasteiger partial charge in [0.2, 0.25) is 8.32 Å². The third-order valence-corrected chi connectivity index (χ3v) is 7.11. The Morgan fingerprint density at radius 1 is 1.06 bits per heavy atom. The monoisotopic (exact) mass is 508 g/mol. The van der Waals surface area contributed by atoms with Crippen molar-refractivity contribution in [2.45, 2.75) is 44.9 Å². The molecule has 0 N–H and O–H groups in total. The fraction of sp³-hybridized carbons (Fsp3) is 0.357. The molecule has 0 saturated carbocycles. The number of hydrogen-bond acceptors (Lipinski definition) is 7. The van der Waals surface area contributed by atoms with E-state index < -0.39 is 37.7 Å². The molecule has 2 aromatic carbocycles. The second-order valence-electron chi connectivity index (χ2n) is 9.85. The molecule has 0 saturated heterocycles. The quantitative estimate of drug-likeness (QED) is 0.285. The van der Waals surface area contributed by atoms with Crippen molar-refractivity contribution in [2.75, 3.05) is 14.2 Å². The Balaban J connectivity index is 1.73. The van der Waals surface area contributed by atoms with Crippen LogP contribution in [0.1, 0.15) is 17.5 Å². The summed E-state index contributed by atoms with van der Waals surface area (Å²) in [7, 11) is 1.09. The maximum Gasteiger partial charge on any atom is 0.327 e. The van der Waals surface area contributed by atoms with Crippen LogP contribution in [0, 0.1) is 5.41 Å². The summed E-state index contributed by atoms with van der Waals surface area (Å²) in [5.74, 6) is 0.620. The van der Waals surface area contributed by atoms with Crippen molar-refractivity contribution in [3.63, 3.8) is 0 Å². The molecule has 2 aromatic rings. The van der Waals surface area contributed by atoms with Gasteiger partial charge in [-0.1, -0.05) is 30.3 Å². The molecule has 1 aliphatic heterocycles. The maximum atomic E-state index is 13.8. The number of fused-ring (bicyclic) bond motifs is 1. The lowest BCUT2D eigenvalue weighted by Gasteiger charge is -2.46. The molecule has 0 unspecified atom stereocenters. The van der Waals surface area contributed by atoms with Crippen LogP contribution in [0.4, 0.5) is 0 Å². The van der Waals surface area contributed by atoms with Gasteiger partial charge in [-0.2, -0.15) is 0 Å². The minimum Gasteiger partial charge on any atom is -0.547 e. The summed E-state index contributed by atoms with van der Waals surface area (Å²) < 4.78 is 29.3. The van der Waals surface area contributed by atoms with Crippen LogP contribution in [0.15, 0.2) is 72.5 Å². The van der Waals surface area contributed by atoms with Gasteiger partial charge in [0.25, 0.3) is 0 Å². The largest absolute Gasteiger partial charge is 0.547 e. The summed E-state index contributed by atoms with van der Waals surface area (Å²) in [5.41, 5.74) is -0.168. The van der Waals surface area contributed by atoms with Gasteiger partial charge in [0, 0.05) is 25.2 Å². The van der Waals surface area contributed by atoms with Gasteiger partial charge in [-0.15, -0.1) is 0 Å². The van der Waals surface area contributed by atoms with Crippen molar-refractivity contribution in [1.82, 2.24) is 0 Å². The van der Waals surface area contributed by atoms with Crippen LogP contribution in [0.5, 0.6) is 5.75 Å². The molecular formula is C28H32O7Si. The summed E-state index contributed by atoms with van der Waals surface area (Å²) in [6.45, 7) is 6.25. The highest BCUT2D eigenvalue weighted by molar-refractivity contribution is 6.70. The predicted molar refractivity (Wildman–Crippen MR) is 137 cm³/mol. The highest BCUT2D eigenvalue weighted by Crippen LogP contribution is 2.47. The Labute approximate surface area is 212 Å². The van der Waals surface area contributed by atoms with Crippen molar-refractivity contribution in [3.8, 4) is 5.75 Å². The second kappa shape index (κ2) is 10.3. The van der Waals surface area contributed by atoms with Crippen LogP contribution in [0.2, 0.25) is 19.6 Å². The van der Waals surface area contributed by atoms with Gasteiger partial charge in [-0.3, -0.25) is 9.59 Å². The van der Waals surface area contributed by atoms with Crippen LogP contribution >= 0.6 is 0 Å². The van der Waals surface area contributed by atoms with Gasteiger partial charge in [-0.05, 0) is 55.5 Å². The number of carbonyl (C=O) groups excluding carboxylic acids is 2. The van der Waals surface area contributed by atoms with Crippen LogP contribution in [-0.2, 0) is 34.8 Å². The molecule has 0 fully saturated rings. The van der Waals surface area contributed by atoms with E-state index in [1.165, 1.54) is 13.2 Å². The molecule has 1 aliphatic carbocycles. The van der Waals surface area contributed by atoms with Crippen molar-refractivity contribution in [2.24, 2.45) is 5.41 Å². The first kappa shape index (κ1) is 25.7. The number of hydrogen-bond donors (Lipinski definition) is 0. The Hall–Kier alpha value is -3.36. The van der Waals surface area contributed by atoms with Crippen LogP contribution < -0.4 is 4.74 Å². The summed E-state index contributed by atoms with van der Waals surface area (Å²) in [6.07, 6.45) is 1.56. The molecule has 0 amide bonds. The molecule has 2 aliphatic rings. The van der Waals surface area contributed by atoms with Crippen LogP contribution in [-0.4, -0.2) is 46.5 Å². The molecule has 190 valence electrons. The molecule has 4 rings (SSSR count). The number of allylic oxidation sites excluding steroid dienone is 1. The van der Waals surface area contributed by atoms with Crippen molar-refractivity contribution in [3.05, 3.63) is 83.6 Å². The SMILES string of the molecule is COc1ccc(C2=CC(=O)[C@@]3(C(=O)OCc4ccccc4)[C@H](CC(O[Si](C)(C)C)=C[C@H]3OC)O2)cc1. The molecule has 0 aromatic heterocycles. The lowest BCUT2D eigenvalue weighted by molar-refractivity contribution is -0.181. The van der Waals surface area contributed by atoms with E-state index >= 15 is 0 Å². The van der Waals surface area contributed by atoms with E-state index in [4.69, 9.17) is 23.4 Å². The average Bonchev–Trinajstić information content (AvgIpc) is 2.86. The Morgan fingerprint density at radius 3 is 2.36 bits per heavy atom. The first-order chi connectivity index (χ1) is 17.2. The van der Waals surface area contributed by atoms with Crippen molar-refractivity contribution >= 4 is 25.8 Å². The summed E-state index contributed by atoms with van der Waals surface area (Å²) >= 11 is 0. The third kappa shape index (κ3) is 5.10. The second-order valence-corrected chi connectivity index (χ2v) is 14.3. The minimum absolute atomic E-state index is 0.0366. The summed E-state index contributed by atoms with van der Waals surface area (Å²) in [4.78, 5) is 27.6. The summed E-state index contributed by atoms with van der Waals surface area (Å²) in [5, 5.41) is 0. The van der Waals surface area contributed by atoms with Gasteiger partial charge < -0.3 is 23.4 Å². The van der Waals surface area contributed by atoms with Gasteiger partial charge in [0.15, 0.2) is 11.2 Å². The third-order valence-electron chi connectivity index (χ3n) is 6.24. The zero-order chi connectivity index (χ0) is 25.9. The fourth-order valence-corrected chi connectivity index (χ4v) is 5.51. The Morgan fingerprint density at radius 2 is 1.75 bits per heavy atom. The van der Waals surface area contributed by atoms with Gasteiger partial charge in [0.05, 0.1) is 12.9 Å². The molecule has 0 radical (unpaired) electrons. The van der Waals surface area contributed by atoms with E-state index in [1.807, 2.05) is 42.5 Å². The first-order valence-electron chi connectivity index (χ1n) is 11.9. The smallest absolute Gasteiger partial charge is 0.327 e. The van der Waals surface area contributed by atoms with E-state index in [2.05, 4.69) is 19.6 Å². The Bertz CT molecular complexity index is 1160. The van der Waals surface area contributed by atoms with Crippen LogP contribution in [0.3, 0.4) is 0 Å². The topological polar surface area (TPSA) is 80.3 Å². The van der Waals surface area contributed by atoms with Crippen molar-refractivity contribution in [1.29, 1.82) is 0 Å². The lowest BCUT2D eigenvalue weighted by atomic mass is 9.67. The molecule has 0 spiro atoms. The van der Waals surface area contributed by atoms with E-state index in [0.29, 0.717) is 22.8 Å². The molecule has 1 heterocycles. The maximum absolute atomic E-state index is 13.8. The standard InChI is InChI=1S/C28H32O7Si/c1-31-21-13-11-20(12-14-21)23-17-24(29)28(27(30)33-18-19-9-7-6-8-10-19)25(32-2)15-22(16-26(28)34-23)35-36(3,4)5/h6-15,17,25-26H,16,18H2,1-5H3/t25-,26+,28+/m1/s1. The molecule has 7 nitrogen and oxygen atoms in total. The zero-order valence-electron chi connectivity index (χ0n) is 21.3. The molecule has 36 heavy (non-hydrogen) atoms. The average molecular weight is 509 g/mol. The van der Waals surface area contributed by atoms with Gasteiger partial charge >= 0.3 is 5.97 Å². The molecular weight excluding hydrogens is 476 g/mol. The van der Waals surface area contributed by atoms with Crippen molar-refractivity contribution < 1.29 is 33.0 Å². The first-order valence-corrected chi connectivity index (χ1v) is 15.3. The number of esters is 1. The predicted octanol–water partition coefficient (Wildman–Crippen LogP) is 4.89. The lowest BCUT2D eigenvalue weighted by Crippen LogP contribution is -2.61. The zero-order valence-corrected chi connectivity index (χ0v) is 22.3. The molecule has 8 heteroatoms. The molecule has 0 bridgehead atoms. The highest BCUT2D eigenvalue weighted by atomic mass is 28.4. The number of ether oxygens (including phenoxy) is 4. The van der Waals surface area contributed by atoms with E-state index in [-0.39, 0.29) is 13.0 Å². The minimum atomic E-state index is -1.97. The normalized spacial score (nSPS) is 23.5. The van der Waals surface area contributed by atoms with Crippen LogP contribution in [0.25, 0.3) is 5.76 Å². The van der Waals surface area contributed by atoms with E-state index in [0.717, 1.165) is 5.56 Å². The number of rotatable bonds is 8.